The van der Waals surface area contributed by atoms with Gasteiger partial charge < -0.3 is 14.7 Å². The van der Waals surface area contributed by atoms with Gasteiger partial charge >= 0.3 is 0 Å². The number of hydrogen-bond acceptors (Lipinski definition) is 3. The van der Waals surface area contributed by atoms with E-state index in [1.165, 1.54) is 32.9 Å². The number of benzene rings is 5. The van der Waals surface area contributed by atoms with Gasteiger partial charge in [0.2, 0.25) is 5.88 Å². The Bertz CT molecular complexity index is 2180. The first-order chi connectivity index (χ1) is 21.7. The third kappa shape index (κ3) is 4.61. The van der Waals surface area contributed by atoms with Crippen molar-refractivity contribution in [2.24, 2.45) is 4.99 Å². The van der Waals surface area contributed by atoms with Crippen molar-refractivity contribution < 1.29 is 4.42 Å². The third-order valence-electron chi connectivity index (χ3n) is 8.62. The Morgan fingerprint density at radius 3 is 2.09 bits per heavy atom. The minimum absolute atomic E-state index is 0.239. The topological polar surface area (TPSA) is 56.4 Å². The van der Waals surface area contributed by atoms with Crippen LogP contribution in [0.5, 0.6) is 0 Å². The highest BCUT2D eigenvalue weighted by molar-refractivity contribution is 6.09. The molecule has 0 saturated heterocycles. The van der Waals surface area contributed by atoms with Crippen molar-refractivity contribution in [1.29, 1.82) is 0 Å². The SMILES string of the molecule is Nc1oc2ccc(C3=CCC(n4c5ccccc5c5ccccc54)C=C3)cc2c1/N=C(\Cc1ccccc1)c1ccccc1. The lowest BCUT2D eigenvalue weighted by molar-refractivity contribution is 0.637. The third-order valence-corrected chi connectivity index (χ3v) is 8.62. The molecule has 1 aliphatic rings. The van der Waals surface area contributed by atoms with Gasteiger partial charge in [0.1, 0.15) is 11.3 Å². The van der Waals surface area contributed by atoms with Gasteiger partial charge in [-0.25, -0.2) is 4.99 Å². The Morgan fingerprint density at radius 1 is 0.750 bits per heavy atom. The van der Waals surface area contributed by atoms with Gasteiger partial charge in [-0.15, -0.1) is 0 Å². The highest BCUT2D eigenvalue weighted by atomic mass is 16.3. The van der Waals surface area contributed by atoms with E-state index in [0.717, 1.165) is 34.2 Å². The number of para-hydroxylation sites is 2. The predicted octanol–water partition coefficient (Wildman–Crippen LogP) is 10.1. The molecule has 0 spiro atoms. The summed E-state index contributed by atoms with van der Waals surface area (Å²) < 4.78 is 8.48. The Labute approximate surface area is 256 Å². The number of furan rings is 1. The van der Waals surface area contributed by atoms with E-state index >= 15 is 0 Å². The second-order valence-corrected chi connectivity index (χ2v) is 11.3. The van der Waals surface area contributed by atoms with Crippen molar-refractivity contribution >= 4 is 55.6 Å². The Morgan fingerprint density at radius 2 is 1.41 bits per heavy atom. The van der Waals surface area contributed by atoms with E-state index in [9.17, 15) is 0 Å². The number of anilines is 1. The van der Waals surface area contributed by atoms with E-state index in [4.69, 9.17) is 15.1 Å². The number of nitrogen functional groups attached to an aromatic ring is 1. The van der Waals surface area contributed by atoms with Gasteiger partial charge in [-0.3, -0.25) is 0 Å². The summed E-state index contributed by atoms with van der Waals surface area (Å²) in [5.74, 6) is 0.332. The summed E-state index contributed by atoms with van der Waals surface area (Å²) in [7, 11) is 0. The molecule has 44 heavy (non-hydrogen) atoms. The number of nitrogens with two attached hydrogens (primary N) is 1. The Kier molecular flexibility index (Phi) is 6.45. The lowest BCUT2D eigenvalue weighted by Crippen LogP contribution is -2.07. The fourth-order valence-corrected chi connectivity index (χ4v) is 6.48. The molecule has 0 saturated carbocycles. The molecule has 0 amide bonds. The molecule has 0 radical (unpaired) electrons. The van der Waals surface area contributed by atoms with Gasteiger partial charge in [-0.2, -0.15) is 0 Å². The first kappa shape index (κ1) is 26.1. The molecule has 1 aliphatic carbocycles. The molecular formula is C40H31N3O. The minimum Gasteiger partial charge on any atom is -0.439 e. The van der Waals surface area contributed by atoms with Crippen molar-refractivity contribution in [3.8, 4) is 0 Å². The van der Waals surface area contributed by atoms with Gasteiger partial charge in [0.25, 0.3) is 0 Å². The molecular weight excluding hydrogens is 538 g/mol. The highest BCUT2D eigenvalue weighted by Gasteiger charge is 2.19. The lowest BCUT2D eigenvalue weighted by Gasteiger charge is -2.21. The van der Waals surface area contributed by atoms with Crippen LogP contribution in [-0.2, 0) is 6.42 Å². The van der Waals surface area contributed by atoms with Gasteiger partial charge in [-0.05, 0) is 52.9 Å². The maximum absolute atomic E-state index is 6.46. The monoisotopic (exact) mass is 569 g/mol. The van der Waals surface area contributed by atoms with Gasteiger partial charge in [0.05, 0.1) is 11.8 Å². The van der Waals surface area contributed by atoms with Gasteiger partial charge in [0, 0.05) is 33.6 Å². The van der Waals surface area contributed by atoms with Gasteiger partial charge in [-0.1, -0.05) is 121 Å². The van der Waals surface area contributed by atoms with Crippen molar-refractivity contribution in [2.75, 3.05) is 5.73 Å². The van der Waals surface area contributed by atoms with E-state index in [1.807, 2.05) is 30.3 Å². The number of nitrogens with zero attached hydrogens (tertiary/aromatic N) is 2. The normalized spacial score (nSPS) is 15.3. The molecule has 4 nitrogen and oxygen atoms in total. The van der Waals surface area contributed by atoms with Crippen LogP contribution in [0.25, 0.3) is 38.3 Å². The Balaban J connectivity index is 1.15. The summed E-state index contributed by atoms with van der Waals surface area (Å²) in [6.45, 7) is 0. The summed E-state index contributed by atoms with van der Waals surface area (Å²) >= 11 is 0. The number of fused-ring (bicyclic) bond motifs is 4. The average Bonchev–Trinajstić information content (AvgIpc) is 3.59. The van der Waals surface area contributed by atoms with Crippen molar-refractivity contribution in [1.82, 2.24) is 4.57 Å². The van der Waals surface area contributed by atoms with Crippen molar-refractivity contribution in [3.05, 3.63) is 162 Å². The van der Waals surface area contributed by atoms with Crippen LogP contribution < -0.4 is 5.73 Å². The number of allylic oxidation sites excluding steroid dienone is 4. The van der Waals surface area contributed by atoms with E-state index in [1.54, 1.807) is 0 Å². The molecule has 1 atom stereocenters. The van der Waals surface area contributed by atoms with Crippen LogP contribution in [0.3, 0.4) is 0 Å². The average molecular weight is 570 g/mol. The summed E-state index contributed by atoms with van der Waals surface area (Å²) in [4.78, 5) is 5.16. The molecule has 7 aromatic rings. The molecule has 2 heterocycles. The van der Waals surface area contributed by atoms with Crippen LogP contribution in [0, 0.1) is 0 Å². The standard InChI is InChI=1S/C40H31N3O/c41-40-39(42-35(29-13-5-2-6-14-29)25-27-11-3-1-4-12-27)34-26-30(21-24-38(34)44-40)28-19-22-31(23-20-28)43-36-17-9-7-15-32(36)33-16-8-10-18-37(33)43/h1-22,24,26,31H,23,25,41H2/b42-35+. The van der Waals surface area contributed by atoms with Gasteiger partial charge in [0.15, 0.2) is 0 Å². The molecule has 2 aromatic heterocycles. The second kappa shape index (κ2) is 10.9. The first-order valence-corrected chi connectivity index (χ1v) is 15.1. The minimum atomic E-state index is 0.239. The summed E-state index contributed by atoms with van der Waals surface area (Å²) in [6, 6.07) is 44.6. The van der Waals surface area contributed by atoms with E-state index in [2.05, 4.69) is 120 Å². The maximum Gasteiger partial charge on any atom is 0.217 e. The largest absolute Gasteiger partial charge is 0.439 e. The molecule has 0 fully saturated rings. The quantitative estimate of drug-likeness (QED) is 0.203. The smallest absolute Gasteiger partial charge is 0.217 e. The number of hydrogen-bond donors (Lipinski definition) is 1. The van der Waals surface area contributed by atoms with Crippen LogP contribution in [0.15, 0.2) is 155 Å². The van der Waals surface area contributed by atoms with E-state index in [-0.39, 0.29) is 6.04 Å². The molecule has 1 unspecified atom stereocenters. The molecule has 5 aromatic carbocycles. The first-order valence-electron chi connectivity index (χ1n) is 15.1. The highest BCUT2D eigenvalue weighted by Crippen LogP contribution is 2.40. The number of aromatic nitrogens is 1. The molecule has 8 rings (SSSR count). The van der Waals surface area contributed by atoms with Crippen LogP contribution in [0.1, 0.15) is 29.2 Å². The van der Waals surface area contributed by atoms with Crippen molar-refractivity contribution in [3.63, 3.8) is 0 Å². The second-order valence-electron chi connectivity index (χ2n) is 11.3. The lowest BCUT2D eigenvalue weighted by atomic mass is 9.96. The number of rotatable bonds is 6. The zero-order valence-electron chi connectivity index (χ0n) is 24.2. The van der Waals surface area contributed by atoms with Crippen LogP contribution >= 0.6 is 0 Å². The van der Waals surface area contributed by atoms with E-state index < -0.39 is 0 Å². The van der Waals surface area contributed by atoms with Crippen LogP contribution in [-0.4, -0.2) is 10.3 Å². The fourth-order valence-electron chi connectivity index (χ4n) is 6.48. The van der Waals surface area contributed by atoms with E-state index in [0.29, 0.717) is 18.0 Å². The summed E-state index contributed by atoms with van der Waals surface area (Å²) in [6.07, 6.45) is 8.51. The zero-order valence-corrected chi connectivity index (χ0v) is 24.2. The molecule has 212 valence electrons. The Hall–Kier alpha value is -5.61. The fraction of sp³-hybridized carbons (Fsp3) is 0.0750. The molecule has 4 heteroatoms. The summed E-state index contributed by atoms with van der Waals surface area (Å²) in [5, 5.41) is 3.51. The number of aliphatic imine (C=N–C) groups is 1. The van der Waals surface area contributed by atoms with Crippen LogP contribution in [0.2, 0.25) is 0 Å². The van der Waals surface area contributed by atoms with Crippen molar-refractivity contribution in [2.45, 2.75) is 18.9 Å². The maximum atomic E-state index is 6.46. The van der Waals surface area contributed by atoms with Crippen LogP contribution in [0.4, 0.5) is 11.6 Å². The zero-order chi connectivity index (χ0) is 29.5. The molecule has 2 N–H and O–H groups in total. The summed E-state index contributed by atoms with van der Waals surface area (Å²) in [5.41, 5.74) is 15.9. The molecule has 0 aliphatic heterocycles. The predicted molar refractivity (Wildman–Crippen MR) is 184 cm³/mol. The molecule has 0 bridgehead atoms.